The van der Waals surface area contributed by atoms with E-state index in [1.807, 2.05) is 30.3 Å². The fraction of sp³-hybridized carbons (Fsp3) is 0.125. The minimum atomic E-state index is 0.428. The molecule has 10 heavy (non-hydrogen) atoms. The van der Waals surface area contributed by atoms with Gasteiger partial charge in [0.15, 0.2) is 0 Å². The molecule has 0 amide bonds. The van der Waals surface area contributed by atoms with Crippen molar-refractivity contribution in [3.8, 4) is 0 Å². The molecule has 52 valence electrons. The van der Waals surface area contributed by atoms with Crippen LogP contribution in [0.3, 0.4) is 0 Å². The molecule has 0 bridgehead atoms. The number of hydrogen-bond acceptors (Lipinski definition) is 1. The Kier molecular flexibility index (Phi) is 2.49. The molecule has 0 aliphatic rings. The second-order valence-electron chi connectivity index (χ2n) is 1.90. The summed E-state index contributed by atoms with van der Waals surface area (Å²) in [6, 6.07) is 9.66. The molecular weight excluding hydrogens is 128 g/mol. The van der Waals surface area contributed by atoms with Crippen LogP contribution in [0.5, 0.6) is 0 Å². The van der Waals surface area contributed by atoms with Crippen molar-refractivity contribution in [3.05, 3.63) is 35.9 Å². The van der Waals surface area contributed by atoms with Gasteiger partial charge in [-0.05, 0) is 0 Å². The number of benzene rings is 1. The smallest absolute Gasteiger partial charge is 0.341 e. The van der Waals surface area contributed by atoms with E-state index in [0.717, 1.165) is 5.56 Å². The molecule has 1 N–H and O–H groups in total. The maximum Gasteiger partial charge on any atom is 0.470 e. The molecule has 0 aliphatic heterocycles. The number of rotatable bonds is 3. The summed E-state index contributed by atoms with van der Waals surface area (Å²) in [7, 11) is 0. The normalized spacial score (nSPS) is 8.80. The van der Waals surface area contributed by atoms with E-state index in [4.69, 9.17) is 4.79 Å². The van der Waals surface area contributed by atoms with Gasteiger partial charge in [-0.25, -0.2) is 0 Å². The molecule has 0 heterocycles. The average molecular weight is 137 g/mol. The van der Waals surface area contributed by atoms with Gasteiger partial charge in [0.25, 0.3) is 0 Å². The molecule has 1 aromatic rings. The molecular formula is C8H9O2+. The minimum absolute atomic E-state index is 0.428. The maximum absolute atomic E-state index is 8.18. The summed E-state index contributed by atoms with van der Waals surface area (Å²) in [6.45, 7) is 1.13. The first kappa shape index (κ1) is 6.81. The second-order valence-corrected chi connectivity index (χ2v) is 1.90. The summed E-state index contributed by atoms with van der Waals surface area (Å²) in [5, 5.41) is 0. The highest BCUT2D eigenvalue weighted by Gasteiger charge is 1.92. The van der Waals surface area contributed by atoms with Crippen molar-refractivity contribution in [2.24, 2.45) is 0 Å². The van der Waals surface area contributed by atoms with Gasteiger partial charge in [-0.3, -0.25) is 0 Å². The maximum atomic E-state index is 8.18. The van der Waals surface area contributed by atoms with E-state index in [-0.39, 0.29) is 0 Å². The van der Waals surface area contributed by atoms with Crippen molar-refractivity contribution in [1.82, 2.24) is 0 Å². The van der Waals surface area contributed by atoms with E-state index in [2.05, 4.69) is 4.74 Å². The average Bonchev–Trinajstić information content (AvgIpc) is 2.03. The number of carbonyl (C=O) groups excluding carboxylic acids is 1. The lowest BCUT2D eigenvalue weighted by Gasteiger charge is -1.90. The highest BCUT2D eigenvalue weighted by Crippen LogP contribution is 1.98. The molecule has 0 fully saturated rings. The predicted molar refractivity (Wildman–Crippen MR) is 39.2 cm³/mol. The molecule has 1 rings (SSSR count). The summed E-state index contributed by atoms with van der Waals surface area (Å²) in [4.78, 5) is 8.18. The van der Waals surface area contributed by atoms with E-state index in [9.17, 15) is 0 Å². The third kappa shape index (κ3) is 1.90. The van der Waals surface area contributed by atoms with Crippen LogP contribution in [0.2, 0.25) is 0 Å². The summed E-state index contributed by atoms with van der Waals surface area (Å²) in [6.07, 6.45) is 0. The van der Waals surface area contributed by atoms with Gasteiger partial charge in [0.2, 0.25) is 6.61 Å². The molecule has 0 radical (unpaired) electrons. The van der Waals surface area contributed by atoms with Gasteiger partial charge in [0.05, 0.1) is 0 Å². The van der Waals surface area contributed by atoms with E-state index < -0.39 is 0 Å². The zero-order valence-corrected chi connectivity index (χ0v) is 5.53. The Labute approximate surface area is 59.4 Å². The van der Waals surface area contributed by atoms with Crippen molar-refractivity contribution in [3.63, 3.8) is 0 Å². The van der Waals surface area contributed by atoms with Crippen LogP contribution in [0.4, 0.5) is 0 Å². The third-order valence-electron chi connectivity index (χ3n) is 1.17. The molecule has 2 nitrogen and oxygen atoms in total. The van der Waals surface area contributed by atoms with Gasteiger partial charge in [0.1, 0.15) is 0 Å². The Morgan fingerprint density at radius 3 is 2.60 bits per heavy atom. The molecule has 0 saturated heterocycles. The third-order valence-corrected chi connectivity index (χ3v) is 1.17. The molecule has 0 aromatic heterocycles. The van der Waals surface area contributed by atoms with Crippen LogP contribution in [-0.4, -0.2) is 11.3 Å². The second kappa shape index (κ2) is 3.67. The van der Waals surface area contributed by atoms with Crippen LogP contribution in [0.25, 0.3) is 0 Å². The van der Waals surface area contributed by atoms with E-state index in [1.54, 1.807) is 0 Å². The quantitative estimate of drug-likeness (QED) is 0.456. The Bertz CT molecular complexity index is 194. The standard InChI is InChI=1S/C8H8O2/c9-7-10-6-8-4-2-1-3-5-8/h1-5,7H,6H2/p+1. The fourth-order valence-corrected chi connectivity index (χ4v) is 0.708. The van der Waals surface area contributed by atoms with Crippen LogP contribution >= 0.6 is 0 Å². The van der Waals surface area contributed by atoms with E-state index in [1.165, 1.54) is 0 Å². The van der Waals surface area contributed by atoms with Gasteiger partial charge in [0, 0.05) is 5.56 Å². The molecule has 0 aliphatic carbocycles. The van der Waals surface area contributed by atoms with Crippen molar-refractivity contribution < 1.29 is 9.53 Å². The van der Waals surface area contributed by atoms with Crippen LogP contribution in [0, 0.1) is 0 Å². The molecule has 0 saturated carbocycles. The molecule has 0 spiro atoms. The van der Waals surface area contributed by atoms with Crippen molar-refractivity contribution in [1.29, 1.82) is 0 Å². The monoisotopic (exact) mass is 137 g/mol. The predicted octanol–water partition coefficient (Wildman–Crippen LogP) is 1.34. The van der Waals surface area contributed by atoms with Gasteiger partial charge < -0.3 is 9.53 Å². The van der Waals surface area contributed by atoms with Crippen molar-refractivity contribution in [2.45, 2.75) is 6.61 Å². The van der Waals surface area contributed by atoms with Crippen LogP contribution < -0.4 is 0 Å². The first-order chi connectivity index (χ1) is 4.93. The van der Waals surface area contributed by atoms with Crippen molar-refractivity contribution >= 4 is 6.47 Å². The first-order valence-corrected chi connectivity index (χ1v) is 3.05. The first-order valence-electron chi connectivity index (χ1n) is 3.05. The Balaban J connectivity index is 2.50. The SMILES string of the molecule is [OH+]=COCc1ccccc1. The molecule has 1 aromatic carbocycles. The number of ether oxygens (including phenoxy) is 1. The summed E-state index contributed by atoms with van der Waals surface area (Å²) in [5.74, 6) is 0. The summed E-state index contributed by atoms with van der Waals surface area (Å²) < 4.78 is 4.65. The molecule has 2 heteroatoms. The van der Waals surface area contributed by atoms with E-state index in [0.29, 0.717) is 13.1 Å². The van der Waals surface area contributed by atoms with Crippen LogP contribution in [0.15, 0.2) is 30.3 Å². The van der Waals surface area contributed by atoms with Gasteiger partial charge >= 0.3 is 6.47 Å². The van der Waals surface area contributed by atoms with Crippen LogP contribution in [-0.2, 0) is 11.3 Å². The number of hydrogen-bond donors (Lipinski definition) is 0. The zero-order valence-electron chi connectivity index (χ0n) is 5.53. The lowest BCUT2D eigenvalue weighted by molar-refractivity contribution is 0.281. The summed E-state index contributed by atoms with van der Waals surface area (Å²) >= 11 is 0. The Morgan fingerprint density at radius 1 is 1.30 bits per heavy atom. The topological polar surface area (TPSA) is 30.6 Å². The van der Waals surface area contributed by atoms with E-state index >= 15 is 0 Å². The lowest BCUT2D eigenvalue weighted by Crippen LogP contribution is -1.88. The highest BCUT2D eigenvalue weighted by molar-refractivity contribution is 5.38. The largest absolute Gasteiger partial charge is 0.470 e. The molecule has 0 unspecified atom stereocenters. The van der Waals surface area contributed by atoms with Gasteiger partial charge in [-0.2, -0.15) is 0 Å². The van der Waals surface area contributed by atoms with Gasteiger partial charge in [-0.1, -0.05) is 30.3 Å². The van der Waals surface area contributed by atoms with Crippen molar-refractivity contribution in [2.75, 3.05) is 0 Å². The fourth-order valence-electron chi connectivity index (χ4n) is 0.708. The van der Waals surface area contributed by atoms with Gasteiger partial charge in [-0.15, -0.1) is 0 Å². The minimum Gasteiger partial charge on any atom is -0.341 e. The lowest BCUT2D eigenvalue weighted by atomic mass is 10.2. The highest BCUT2D eigenvalue weighted by atomic mass is 16.5. The molecule has 0 atom stereocenters. The summed E-state index contributed by atoms with van der Waals surface area (Å²) in [5.41, 5.74) is 1.05. The zero-order chi connectivity index (χ0) is 7.23. The van der Waals surface area contributed by atoms with Crippen LogP contribution in [0.1, 0.15) is 5.56 Å². The Hall–Kier alpha value is -1.31. The Morgan fingerprint density at radius 2 is 2.00 bits per heavy atom.